The van der Waals surface area contributed by atoms with Gasteiger partial charge in [-0.1, -0.05) is 60.7 Å². The average molecular weight is 353 g/mol. The van der Waals surface area contributed by atoms with Crippen LogP contribution >= 0.6 is 0 Å². The van der Waals surface area contributed by atoms with E-state index in [0.717, 1.165) is 16.8 Å². The molecule has 130 valence electrons. The highest BCUT2D eigenvalue weighted by molar-refractivity contribution is 5.83. The number of hydrogen-bond acceptors (Lipinski definition) is 7. The van der Waals surface area contributed by atoms with E-state index in [-0.39, 0.29) is 0 Å². The molecule has 0 aliphatic rings. The Labute approximate surface area is 156 Å². The molecular weight excluding hydrogens is 338 g/mol. The van der Waals surface area contributed by atoms with Crippen LogP contribution in [0.5, 0.6) is 0 Å². The first-order valence-corrected chi connectivity index (χ1v) is 8.33. The van der Waals surface area contributed by atoms with Crippen LogP contribution in [-0.4, -0.2) is 30.8 Å². The van der Waals surface area contributed by atoms with Crippen molar-refractivity contribution in [1.82, 2.24) is 30.8 Å². The Morgan fingerprint density at radius 2 is 1.26 bits per heavy atom. The van der Waals surface area contributed by atoms with E-state index in [4.69, 9.17) is 0 Å². The monoisotopic (exact) mass is 353 g/mol. The molecule has 4 aromatic rings. The summed E-state index contributed by atoms with van der Waals surface area (Å²) in [7, 11) is 0. The fourth-order valence-electron chi connectivity index (χ4n) is 2.65. The van der Waals surface area contributed by atoms with Gasteiger partial charge in [0.1, 0.15) is 0 Å². The van der Waals surface area contributed by atoms with Gasteiger partial charge in [-0.2, -0.15) is 0 Å². The van der Waals surface area contributed by atoms with E-state index in [0.29, 0.717) is 11.6 Å². The van der Waals surface area contributed by atoms with Gasteiger partial charge in [-0.15, -0.1) is 20.4 Å². The maximum absolute atomic E-state index is 4.14. The van der Waals surface area contributed by atoms with Crippen molar-refractivity contribution in [3.05, 3.63) is 90.3 Å². The predicted molar refractivity (Wildman–Crippen MR) is 103 cm³/mol. The summed E-state index contributed by atoms with van der Waals surface area (Å²) in [6.07, 6.45) is 7.30. The molecule has 0 N–H and O–H groups in total. The van der Waals surface area contributed by atoms with Gasteiger partial charge in [-0.05, 0) is 27.6 Å². The number of hydrogen-bond donors (Lipinski definition) is 0. The summed E-state index contributed by atoms with van der Waals surface area (Å²) in [4.78, 5) is 1.87. The van der Waals surface area contributed by atoms with Crippen molar-refractivity contribution in [2.75, 3.05) is 4.90 Å². The summed E-state index contributed by atoms with van der Waals surface area (Å²) in [5.74, 6) is 1.18. The fourth-order valence-corrected chi connectivity index (χ4v) is 2.65. The van der Waals surface area contributed by atoms with Gasteiger partial charge >= 0.3 is 0 Å². The summed E-state index contributed by atoms with van der Waals surface area (Å²) in [6, 6.07) is 21.7. The molecule has 27 heavy (non-hydrogen) atoms. The highest BCUT2D eigenvalue weighted by Gasteiger charge is 2.17. The summed E-state index contributed by atoms with van der Waals surface area (Å²) in [5, 5.41) is 23.3. The topological polar surface area (TPSA) is 80.6 Å². The second kappa shape index (κ2) is 7.92. The third-order valence-corrected chi connectivity index (χ3v) is 3.87. The Morgan fingerprint density at radius 3 is 1.89 bits per heavy atom. The van der Waals surface area contributed by atoms with Crippen molar-refractivity contribution in [3.63, 3.8) is 0 Å². The molecule has 0 atom stereocenters. The standard InChI is InChI=1S/C20H15N7/c1-2-6-16(7-3-1)10-11-17-8-4-5-9-18(17)27(19-12-14-21-25-23-19)20-13-15-22-26-24-20/h1-15H/b11-10+. The van der Waals surface area contributed by atoms with Crippen LogP contribution in [0.1, 0.15) is 11.1 Å². The molecule has 2 aromatic heterocycles. The number of aromatic nitrogens is 6. The second-order valence-electron chi connectivity index (χ2n) is 5.60. The van der Waals surface area contributed by atoms with Crippen molar-refractivity contribution < 1.29 is 0 Å². The second-order valence-corrected chi connectivity index (χ2v) is 5.60. The molecule has 7 nitrogen and oxygen atoms in total. The smallest absolute Gasteiger partial charge is 0.164 e. The summed E-state index contributed by atoms with van der Waals surface area (Å²) in [5.41, 5.74) is 3.01. The molecule has 0 fully saturated rings. The molecular formula is C20H15N7. The number of rotatable bonds is 5. The molecule has 0 aliphatic heterocycles. The van der Waals surface area contributed by atoms with Crippen LogP contribution < -0.4 is 4.90 Å². The molecule has 7 heteroatoms. The number of benzene rings is 2. The molecule has 0 saturated heterocycles. The van der Waals surface area contributed by atoms with E-state index >= 15 is 0 Å². The molecule has 0 aliphatic carbocycles. The lowest BCUT2D eigenvalue weighted by Crippen LogP contribution is -2.15. The zero-order chi connectivity index (χ0) is 18.3. The van der Waals surface area contributed by atoms with E-state index < -0.39 is 0 Å². The molecule has 0 bridgehead atoms. The first-order valence-electron chi connectivity index (χ1n) is 8.33. The highest BCUT2D eigenvalue weighted by atomic mass is 15.4. The first-order chi connectivity index (χ1) is 13.4. The Kier molecular flexibility index (Phi) is 4.83. The van der Waals surface area contributed by atoms with Crippen LogP contribution in [0, 0.1) is 0 Å². The minimum atomic E-state index is 0.589. The summed E-state index contributed by atoms with van der Waals surface area (Å²) in [6.45, 7) is 0. The van der Waals surface area contributed by atoms with Gasteiger partial charge in [0.15, 0.2) is 11.6 Å². The van der Waals surface area contributed by atoms with Gasteiger partial charge in [0.2, 0.25) is 0 Å². The lowest BCUT2D eigenvalue weighted by Gasteiger charge is -2.23. The largest absolute Gasteiger partial charge is 0.275 e. The lowest BCUT2D eigenvalue weighted by atomic mass is 10.1. The quantitative estimate of drug-likeness (QED) is 0.506. The predicted octanol–water partition coefficient (Wildman–Crippen LogP) is 3.70. The van der Waals surface area contributed by atoms with Crippen LogP contribution in [0.3, 0.4) is 0 Å². The zero-order valence-electron chi connectivity index (χ0n) is 14.3. The average Bonchev–Trinajstić information content (AvgIpc) is 2.76. The molecule has 0 spiro atoms. The van der Waals surface area contributed by atoms with Crippen LogP contribution in [0.25, 0.3) is 12.2 Å². The Morgan fingerprint density at radius 1 is 0.630 bits per heavy atom. The van der Waals surface area contributed by atoms with Crippen LogP contribution in [0.15, 0.2) is 79.1 Å². The first kappa shape index (κ1) is 16.5. The van der Waals surface area contributed by atoms with Crippen molar-refractivity contribution >= 4 is 29.5 Å². The maximum Gasteiger partial charge on any atom is 0.164 e. The Hall–Kier alpha value is -4.00. The van der Waals surface area contributed by atoms with Gasteiger partial charge in [0.05, 0.1) is 18.1 Å². The van der Waals surface area contributed by atoms with Gasteiger partial charge in [0, 0.05) is 12.1 Å². The van der Waals surface area contributed by atoms with Gasteiger partial charge in [0.25, 0.3) is 0 Å². The molecule has 0 amide bonds. The van der Waals surface area contributed by atoms with E-state index in [9.17, 15) is 0 Å². The highest BCUT2D eigenvalue weighted by Crippen LogP contribution is 2.34. The summed E-state index contributed by atoms with van der Waals surface area (Å²) < 4.78 is 0. The molecule has 0 unspecified atom stereocenters. The molecule has 2 heterocycles. The van der Waals surface area contributed by atoms with Crippen molar-refractivity contribution in [3.8, 4) is 0 Å². The molecule has 0 saturated carbocycles. The Balaban J connectivity index is 1.81. The van der Waals surface area contributed by atoms with Crippen molar-refractivity contribution in [2.45, 2.75) is 0 Å². The van der Waals surface area contributed by atoms with Crippen molar-refractivity contribution in [2.24, 2.45) is 0 Å². The lowest BCUT2D eigenvalue weighted by molar-refractivity contribution is 0.833. The van der Waals surface area contributed by atoms with E-state index in [1.165, 1.54) is 0 Å². The maximum atomic E-state index is 4.14. The normalized spacial score (nSPS) is 10.8. The fraction of sp³-hybridized carbons (Fsp3) is 0. The van der Waals surface area contributed by atoms with E-state index in [1.54, 1.807) is 24.5 Å². The van der Waals surface area contributed by atoms with Gasteiger partial charge in [-0.25, -0.2) is 0 Å². The van der Waals surface area contributed by atoms with Crippen LogP contribution in [-0.2, 0) is 0 Å². The molecule has 0 radical (unpaired) electrons. The SMILES string of the molecule is C(=C\c1ccccc1N(c1ccnnn1)c1ccnnn1)/c1ccccc1. The number of nitrogens with zero attached hydrogens (tertiary/aromatic N) is 7. The summed E-state index contributed by atoms with van der Waals surface area (Å²) >= 11 is 0. The van der Waals surface area contributed by atoms with Crippen LogP contribution in [0.2, 0.25) is 0 Å². The molecule has 4 rings (SSSR count). The van der Waals surface area contributed by atoms with Crippen molar-refractivity contribution in [1.29, 1.82) is 0 Å². The number of anilines is 3. The zero-order valence-corrected chi connectivity index (χ0v) is 14.3. The molecule has 2 aromatic carbocycles. The van der Waals surface area contributed by atoms with Gasteiger partial charge < -0.3 is 0 Å². The van der Waals surface area contributed by atoms with Gasteiger partial charge in [-0.3, -0.25) is 4.90 Å². The minimum absolute atomic E-state index is 0.589. The minimum Gasteiger partial charge on any atom is -0.275 e. The van der Waals surface area contributed by atoms with E-state index in [2.05, 4.69) is 55.1 Å². The Bertz CT molecular complexity index is 982. The van der Waals surface area contributed by atoms with E-state index in [1.807, 2.05) is 47.4 Å². The third kappa shape index (κ3) is 3.82. The van der Waals surface area contributed by atoms with Crippen LogP contribution in [0.4, 0.5) is 17.3 Å². The number of para-hydroxylation sites is 1. The third-order valence-electron chi connectivity index (χ3n) is 3.87.